The molecule has 0 amide bonds. The fourth-order valence-corrected chi connectivity index (χ4v) is 4.00. The number of hydrogen-bond donors (Lipinski definition) is 2. The molecule has 3 N–H and O–H groups in total. The predicted octanol–water partition coefficient (Wildman–Crippen LogP) is 11.3. The zero-order valence-electron chi connectivity index (χ0n) is 29.3. The normalized spacial score (nSPS) is 10.2. The van der Waals surface area contributed by atoms with Gasteiger partial charge in [-0.25, -0.2) is 0 Å². The topological polar surface area (TPSA) is 50.4 Å². The van der Waals surface area contributed by atoms with Crippen LogP contribution in [-0.2, 0) is 12.0 Å². The molecular weight excluding hydrogens is 534 g/mol. The highest BCUT2D eigenvalue weighted by atomic mass is 14.9. The van der Waals surface area contributed by atoms with Gasteiger partial charge in [-0.1, -0.05) is 144 Å². The Balaban J connectivity index is 0. The molecule has 0 unspecified atom stereocenters. The van der Waals surface area contributed by atoms with Crippen LogP contribution in [-0.4, -0.2) is 12.4 Å². The van der Waals surface area contributed by atoms with Crippen molar-refractivity contribution < 1.29 is 0 Å². The standard InChI is InChI=1S/C18H20N2.C14H21N.C4H8.C3H6.C2H6/c1-14(2)18(20-15(3)19,16-10-6-4-7-11-16)17-12-8-5-9-13-17;1-4-6-10-15-12(3)14-9-7-8-13(5-2)11-14;1-3-4-2;1-3-2;1-2/h4-13H,1H2,2-3H3,(H2,19,20);7-9,11,15H,3-6,10H2,1-2H3;3-4H,1-2H3;3H,1H2,2H3;1-2H3/b;;4-3-;;. The number of allylic oxidation sites excluding steroid dienone is 3. The lowest BCUT2D eigenvalue weighted by molar-refractivity contribution is 0.640. The van der Waals surface area contributed by atoms with Crippen LogP contribution in [0.2, 0.25) is 0 Å². The van der Waals surface area contributed by atoms with E-state index >= 15 is 0 Å². The third-order valence-corrected chi connectivity index (χ3v) is 6.23. The van der Waals surface area contributed by atoms with Crippen LogP contribution in [0, 0.1) is 0 Å². The second-order valence-corrected chi connectivity index (χ2v) is 9.86. The molecule has 0 fully saturated rings. The minimum Gasteiger partial charge on any atom is -0.388 e. The van der Waals surface area contributed by atoms with E-state index in [-0.39, 0.29) is 0 Å². The molecule has 0 aliphatic heterocycles. The van der Waals surface area contributed by atoms with E-state index in [1.807, 2.05) is 97.0 Å². The number of nitrogens with one attached hydrogen (secondary N) is 1. The molecule has 0 heterocycles. The van der Waals surface area contributed by atoms with Gasteiger partial charge in [-0.15, -0.1) is 6.58 Å². The van der Waals surface area contributed by atoms with Crippen LogP contribution in [0.25, 0.3) is 5.70 Å². The van der Waals surface area contributed by atoms with E-state index in [0.29, 0.717) is 5.84 Å². The van der Waals surface area contributed by atoms with Crippen molar-refractivity contribution in [1.29, 1.82) is 0 Å². The molecule has 0 saturated carbocycles. The molecule has 3 aromatic rings. The Morgan fingerprint density at radius 1 is 0.818 bits per heavy atom. The van der Waals surface area contributed by atoms with Gasteiger partial charge in [-0.05, 0) is 81.4 Å². The van der Waals surface area contributed by atoms with E-state index in [1.165, 1.54) is 24.0 Å². The Kier molecular flexibility index (Phi) is 25.3. The predicted molar refractivity (Wildman–Crippen MR) is 201 cm³/mol. The molecule has 44 heavy (non-hydrogen) atoms. The summed E-state index contributed by atoms with van der Waals surface area (Å²) < 4.78 is 0. The fraction of sp³-hybridized carbons (Fsp3) is 0.341. The molecule has 0 bridgehead atoms. The number of rotatable bonds is 10. The maximum Gasteiger partial charge on any atom is 0.133 e. The van der Waals surface area contributed by atoms with E-state index < -0.39 is 5.54 Å². The molecule has 0 atom stereocenters. The first-order chi connectivity index (χ1) is 21.2. The minimum atomic E-state index is -0.624. The van der Waals surface area contributed by atoms with Crippen LogP contribution < -0.4 is 11.1 Å². The zero-order valence-corrected chi connectivity index (χ0v) is 29.3. The van der Waals surface area contributed by atoms with Crippen molar-refractivity contribution in [3.05, 3.63) is 151 Å². The minimum absolute atomic E-state index is 0.542. The molecule has 0 saturated heterocycles. The van der Waals surface area contributed by atoms with Crippen LogP contribution in [0.3, 0.4) is 0 Å². The smallest absolute Gasteiger partial charge is 0.133 e. The Morgan fingerprint density at radius 3 is 1.66 bits per heavy atom. The largest absolute Gasteiger partial charge is 0.388 e. The third-order valence-electron chi connectivity index (χ3n) is 6.23. The SMILES string of the molecule is C/C=C\C.C=C(C)C(N=C(C)N)(c1ccccc1)c1ccccc1.C=C(NCCCC)c1cccc(CC)c1.C=CC.CC. The van der Waals surface area contributed by atoms with Gasteiger partial charge in [0.05, 0.1) is 5.84 Å². The van der Waals surface area contributed by atoms with Gasteiger partial charge in [-0.3, -0.25) is 4.99 Å². The number of aliphatic imine (C=N–C) groups is 1. The van der Waals surface area contributed by atoms with Crippen LogP contribution in [0.1, 0.15) is 97.4 Å². The second kappa shape index (κ2) is 26.5. The lowest BCUT2D eigenvalue weighted by Crippen LogP contribution is -2.29. The fourth-order valence-electron chi connectivity index (χ4n) is 4.00. The highest BCUT2D eigenvalue weighted by Gasteiger charge is 2.34. The molecular formula is C41H61N3. The Bertz CT molecular complexity index is 1170. The molecule has 0 spiro atoms. The summed E-state index contributed by atoms with van der Waals surface area (Å²) in [4.78, 5) is 4.74. The van der Waals surface area contributed by atoms with Crippen molar-refractivity contribution in [3.63, 3.8) is 0 Å². The van der Waals surface area contributed by atoms with Gasteiger partial charge in [0.2, 0.25) is 0 Å². The van der Waals surface area contributed by atoms with Crippen molar-refractivity contribution in [2.24, 2.45) is 10.7 Å². The molecule has 3 aromatic carbocycles. The maximum atomic E-state index is 5.90. The molecule has 0 aromatic heterocycles. The Hall–Kier alpha value is -4.11. The van der Waals surface area contributed by atoms with E-state index in [0.717, 1.165) is 35.4 Å². The monoisotopic (exact) mass is 595 g/mol. The van der Waals surface area contributed by atoms with Gasteiger partial charge in [0.15, 0.2) is 0 Å². The third kappa shape index (κ3) is 15.9. The lowest BCUT2D eigenvalue weighted by atomic mass is 9.78. The highest BCUT2D eigenvalue weighted by Crippen LogP contribution is 2.39. The van der Waals surface area contributed by atoms with Gasteiger partial charge in [0.1, 0.15) is 5.54 Å². The van der Waals surface area contributed by atoms with E-state index in [4.69, 9.17) is 10.7 Å². The van der Waals surface area contributed by atoms with Gasteiger partial charge >= 0.3 is 0 Å². The van der Waals surface area contributed by atoms with Crippen molar-refractivity contribution in [2.45, 2.75) is 87.1 Å². The van der Waals surface area contributed by atoms with Crippen LogP contribution in [0.5, 0.6) is 0 Å². The average molecular weight is 596 g/mol. The molecule has 0 aliphatic rings. The van der Waals surface area contributed by atoms with Gasteiger partial charge < -0.3 is 11.1 Å². The summed E-state index contributed by atoms with van der Waals surface area (Å²) in [6, 6.07) is 28.9. The van der Waals surface area contributed by atoms with Gasteiger partial charge in [0.25, 0.3) is 0 Å². The van der Waals surface area contributed by atoms with E-state index in [9.17, 15) is 0 Å². The first-order valence-corrected chi connectivity index (χ1v) is 15.9. The highest BCUT2D eigenvalue weighted by molar-refractivity contribution is 5.79. The lowest BCUT2D eigenvalue weighted by Gasteiger charge is -2.32. The molecule has 0 aliphatic carbocycles. The number of unbranched alkanes of at least 4 members (excludes halogenated alkanes) is 1. The summed E-state index contributed by atoms with van der Waals surface area (Å²) in [5, 5.41) is 3.36. The number of aryl methyl sites for hydroxylation is 1. The number of amidine groups is 1. The number of benzene rings is 3. The summed E-state index contributed by atoms with van der Waals surface area (Å²) in [7, 11) is 0. The number of nitrogens with zero attached hydrogens (tertiary/aromatic N) is 1. The number of hydrogen-bond acceptors (Lipinski definition) is 2. The molecule has 3 nitrogen and oxygen atoms in total. The van der Waals surface area contributed by atoms with Crippen molar-refractivity contribution in [3.8, 4) is 0 Å². The second-order valence-electron chi connectivity index (χ2n) is 9.86. The maximum absolute atomic E-state index is 5.90. The van der Waals surface area contributed by atoms with Crippen molar-refractivity contribution in [1.82, 2.24) is 5.32 Å². The molecule has 240 valence electrons. The Labute approximate surface area is 271 Å². The summed E-state index contributed by atoms with van der Waals surface area (Å²) in [5.74, 6) is 0.542. The first kappa shape index (κ1) is 42.0. The molecule has 0 radical (unpaired) electrons. The van der Waals surface area contributed by atoms with Crippen LogP contribution >= 0.6 is 0 Å². The van der Waals surface area contributed by atoms with E-state index in [1.54, 1.807) is 6.08 Å². The van der Waals surface area contributed by atoms with Crippen LogP contribution in [0.4, 0.5) is 0 Å². The van der Waals surface area contributed by atoms with Gasteiger partial charge in [-0.2, -0.15) is 0 Å². The van der Waals surface area contributed by atoms with Crippen molar-refractivity contribution in [2.75, 3.05) is 6.54 Å². The van der Waals surface area contributed by atoms with E-state index in [2.05, 4.69) is 87.4 Å². The molecule has 3 rings (SSSR count). The quantitative estimate of drug-likeness (QED) is 0.106. The van der Waals surface area contributed by atoms with Crippen molar-refractivity contribution >= 4 is 11.5 Å². The molecule has 3 heteroatoms. The number of nitrogens with two attached hydrogens (primary N) is 1. The summed E-state index contributed by atoms with van der Waals surface area (Å²) >= 11 is 0. The summed E-state index contributed by atoms with van der Waals surface area (Å²) in [6.45, 7) is 30.7. The summed E-state index contributed by atoms with van der Waals surface area (Å²) in [6.07, 6.45) is 9.25. The average Bonchev–Trinajstić information content (AvgIpc) is 3.06. The Morgan fingerprint density at radius 2 is 1.30 bits per heavy atom. The van der Waals surface area contributed by atoms with Crippen LogP contribution in [0.15, 0.2) is 133 Å². The summed E-state index contributed by atoms with van der Waals surface area (Å²) in [5.41, 5.74) is 12.0. The van der Waals surface area contributed by atoms with Gasteiger partial charge in [0, 0.05) is 12.2 Å². The first-order valence-electron chi connectivity index (χ1n) is 15.9. The zero-order chi connectivity index (χ0) is 33.8.